The predicted octanol–water partition coefficient (Wildman–Crippen LogP) is 11.0. The lowest BCUT2D eigenvalue weighted by atomic mass is 9.32. The summed E-state index contributed by atoms with van der Waals surface area (Å²) in [5, 5.41) is 5.61. The van der Waals surface area contributed by atoms with E-state index < -0.39 is 0 Å². The summed E-state index contributed by atoms with van der Waals surface area (Å²) in [5.41, 5.74) is 19.1. The fourth-order valence-electron chi connectivity index (χ4n) is 9.98. The number of aromatic nitrogens is 2. The van der Waals surface area contributed by atoms with Gasteiger partial charge in [-0.2, -0.15) is 0 Å². The number of benzene rings is 4. The highest BCUT2D eigenvalue weighted by Crippen LogP contribution is 2.58. The zero-order valence-corrected chi connectivity index (χ0v) is 31.5. The van der Waals surface area contributed by atoms with Crippen molar-refractivity contribution in [2.24, 2.45) is 5.41 Å². The monoisotopic (exact) mass is 640 g/mol. The molecule has 49 heavy (non-hydrogen) atoms. The highest BCUT2D eigenvalue weighted by atomic mass is 15.0. The van der Waals surface area contributed by atoms with E-state index in [-0.39, 0.29) is 21.7 Å². The van der Waals surface area contributed by atoms with Crippen LogP contribution in [0.25, 0.3) is 55.0 Å². The molecule has 0 N–H and O–H groups in total. The molecule has 3 aliphatic heterocycles. The first kappa shape index (κ1) is 29.9. The standard InChI is InChI=1S/C46H49BN2/c1-43(2,3)24-13-15-34-28(17-24)32-23-33-29-18-25(44(4,5)6)14-16-35(29)49-37-22-27(46(10,11)12)20-31-30-19-26(45(7,8)9)21-36-38(30)47(39(31)37)40(42(33)49)41(32)48(34)36/h13-23,30,38H,1-12H3. The Bertz CT molecular complexity index is 2590. The SMILES string of the molecule is CC(C)(C)C1=CC2c3cc(C(C)(C)C)cc4c3B3c5c6c(cc7c8cc(C(C)(C)C)ccc8n-4c57)c4cc(C(C)(C)C)ccc4n6C(=C1)C32. The summed E-state index contributed by atoms with van der Waals surface area (Å²) in [4.78, 5) is 0. The molecule has 5 heterocycles. The second-order valence-corrected chi connectivity index (χ2v) is 19.9. The van der Waals surface area contributed by atoms with Crippen molar-refractivity contribution in [3.8, 4) is 5.69 Å². The van der Waals surface area contributed by atoms with Crippen LogP contribution in [0.4, 0.5) is 0 Å². The quantitative estimate of drug-likeness (QED) is 0.146. The second-order valence-electron chi connectivity index (χ2n) is 19.9. The van der Waals surface area contributed by atoms with Gasteiger partial charge < -0.3 is 9.13 Å². The third-order valence-corrected chi connectivity index (χ3v) is 12.7. The molecule has 0 saturated carbocycles. The molecule has 0 bridgehead atoms. The van der Waals surface area contributed by atoms with Gasteiger partial charge in [-0.3, -0.25) is 0 Å². The molecule has 0 spiro atoms. The Labute approximate surface area is 292 Å². The molecule has 3 heteroatoms. The Morgan fingerprint density at radius 2 is 1.08 bits per heavy atom. The summed E-state index contributed by atoms with van der Waals surface area (Å²) in [6, 6.07) is 22.5. The van der Waals surface area contributed by atoms with Gasteiger partial charge in [0, 0.05) is 38.8 Å². The van der Waals surface area contributed by atoms with Crippen LogP contribution in [0.2, 0.25) is 5.82 Å². The van der Waals surface area contributed by atoms with E-state index in [2.05, 4.69) is 159 Å². The first-order valence-electron chi connectivity index (χ1n) is 18.6. The second kappa shape index (κ2) is 8.66. The van der Waals surface area contributed by atoms with Crippen molar-refractivity contribution in [2.75, 3.05) is 0 Å². The van der Waals surface area contributed by atoms with Gasteiger partial charge in [0.2, 0.25) is 6.71 Å². The largest absolute Gasteiger partial charge is 0.314 e. The molecule has 0 saturated heterocycles. The molecule has 10 rings (SSSR count). The summed E-state index contributed by atoms with van der Waals surface area (Å²) in [6.07, 6.45) is 5.27. The van der Waals surface area contributed by atoms with Gasteiger partial charge in [0.05, 0.1) is 22.1 Å². The number of allylic oxidation sites excluding steroid dienone is 4. The number of rotatable bonds is 0. The smallest absolute Gasteiger partial charge is 0.227 e. The van der Waals surface area contributed by atoms with Gasteiger partial charge in [-0.1, -0.05) is 107 Å². The average molecular weight is 641 g/mol. The maximum absolute atomic E-state index is 2.73. The molecule has 0 fully saturated rings. The van der Waals surface area contributed by atoms with Crippen molar-refractivity contribution in [3.05, 3.63) is 94.6 Å². The van der Waals surface area contributed by atoms with E-state index >= 15 is 0 Å². The highest BCUT2D eigenvalue weighted by Gasteiger charge is 2.55. The Kier molecular flexibility index (Phi) is 5.28. The molecule has 4 aromatic carbocycles. The highest BCUT2D eigenvalue weighted by molar-refractivity contribution is 6.94. The maximum atomic E-state index is 2.73. The summed E-state index contributed by atoms with van der Waals surface area (Å²) < 4.78 is 5.42. The zero-order valence-electron chi connectivity index (χ0n) is 31.5. The molecule has 2 atom stereocenters. The third kappa shape index (κ3) is 3.65. The van der Waals surface area contributed by atoms with E-state index in [1.807, 2.05) is 0 Å². The Balaban J connectivity index is 1.48. The van der Waals surface area contributed by atoms with E-state index in [4.69, 9.17) is 0 Å². The van der Waals surface area contributed by atoms with E-state index in [1.54, 1.807) is 16.5 Å². The molecule has 1 aliphatic carbocycles. The van der Waals surface area contributed by atoms with Crippen LogP contribution in [0, 0.1) is 5.41 Å². The molecule has 4 aliphatic rings. The first-order valence-corrected chi connectivity index (χ1v) is 18.6. The van der Waals surface area contributed by atoms with E-state index in [9.17, 15) is 0 Å². The van der Waals surface area contributed by atoms with Crippen molar-refractivity contribution < 1.29 is 0 Å². The van der Waals surface area contributed by atoms with Crippen LogP contribution in [0.3, 0.4) is 0 Å². The van der Waals surface area contributed by atoms with Gasteiger partial charge in [0.15, 0.2) is 0 Å². The van der Waals surface area contributed by atoms with Crippen molar-refractivity contribution in [1.82, 2.24) is 9.13 Å². The maximum Gasteiger partial charge on any atom is 0.227 e. The predicted molar refractivity (Wildman–Crippen MR) is 213 cm³/mol. The lowest BCUT2D eigenvalue weighted by Crippen LogP contribution is -2.52. The van der Waals surface area contributed by atoms with Crippen LogP contribution in [-0.4, -0.2) is 15.8 Å². The topological polar surface area (TPSA) is 9.86 Å². The average Bonchev–Trinajstić information content (AvgIpc) is 3.64. The summed E-state index contributed by atoms with van der Waals surface area (Å²) in [6.45, 7) is 28.7. The third-order valence-electron chi connectivity index (χ3n) is 12.7. The molecular formula is C46H49BN2. The molecule has 0 amide bonds. The fourth-order valence-corrected chi connectivity index (χ4v) is 9.98. The zero-order chi connectivity index (χ0) is 34.5. The number of fused-ring (bicyclic) bond motifs is 9. The van der Waals surface area contributed by atoms with E-state index in [1.165, 1.54) is 77.3 Å². The molecule has 2 nitrogen and oxygen atoms in total. The molecule has 246 valence electrons. The Morgan fingerprint density at radius 3 is 1.63 bits per heavy atom. The van der Waals surface area contributed by atoms with Crippen LogP contribution in [0.15, 0.2) is 72.3 Å². The minimum atomic E-state index is 0.0428. The van der Waals surface area contributed by atoms with Crippen molar-refractivity contribution in [3.63, 3.8) is 0 Å². The Morgan fingerprint density at radius 1 is 0.531 bits per heavy atom. The number of hydrogen-bond donors (Lipinski definition) is 0. The lowest BCUT2D eigenvalue weighted by Gasteiger charge is -2.39. The van der Waals surface area contributed by atoms with Gasteiger partial charge >= 0.3 is 0 Å². The van der Waals surface area contributed by atoms with Gasteiger partial charge in [0.1, 0.15) is 0 Å². The minimum absolute atomic E-state index is 0.0428. The van der Waals surface area contributed by atoms with Gasteiger partial charge in [-0.25, -0.2) is 0 Å². The normalized spacial score (nSPS) is 19.6. The van der Waals surface area contributed by atoms with Crippen molar-refractivity contribution in [1.29, 1.82) is 0 Å². The van der Waals surface area contributed by atoms with Crippen molar-refractivity contribution >= 4 is 66.9 Å². The number of nitrogens with zero attached hydrogens (tertiary/aromatic N) is 2. The van der Waals surface area contributed by atoms with Crippen LogP contribution < -0.4 is 10.9 Å². The first-order chi connectivity index (χ1) is 22.8. The summed E-state index contributed by atoms with van der Waals surface area (Å²) >= 11 is 0. The molecule has 2 aromatic heterocycles. The van der Waals surface area contributed by atoms with Crippen LogP contribution in [0.1, 0.15) is 111 Å². The molecule has 0 radical (unpaired) electrons. The van der Waals surface area contributed by atoms with Crippen molar-refractivity contribution in [2.45, 2.75) is 111 Å². The lowest BCUT2D eigenvalue weighted by molar-refractivity contribution is 0.509. The van der Waals surface area contributed by atoms with Gasteiger partial charge in [0.25, 0.3) is 0 Å². The Hall–Kier alpha value is -3.98. The van der Waals surface area contributed by atoms with Gasteiger partial charge in [-0.15, -0.1) is 0 Å². The fraction of sp³-hybridized carbons (Fsp3) is 0.391. The summed E-state index contributed by atoms with van der Waals surface area (Å²) in [7, 11) is 0. The van der Waals surface area contributed by atoms with Crippen LogP contribution in [-0.2, 0) is 16.2 Å². The van der Waals surface area contributed by atoms with E-state index in [0.29, 0.717) is 18.4 Å². The van der Waals surface area contributed by atoms with Crippen LogP contribution >= 0.6 is 0 Å². The summed E-state index contributed by atoms with van der Waals surface area (Å²) in [5.74, 6) is 0.731. The van der Waals surface area contributed by atoms with Gasteiger partial charge in [-0.05, 0) is 109 Å². The molecular weight excluding hydrogens is 591 g/mol. The van der Waals surface area contributed by atoms with E-state index in [0.717, 1.165) is 0 Å². The number of hydrogen-bond acceptors (Lipinski definition) is 0. The molecule has 6 aromatic rings. The molecule has 2 unspecified atom stereocenters. The minimum Gasteiger partial charge on any atom is -0.314 e. The van der Waals surface area contributed by atoms with Crippen LogP contribution in [0.5, 0.6) is 0 Å².